The summed E-state index contributed by atoms with van der Waals surface area (Å²) in [7, 11) is 0. The molecule has 0 aliphatic carbocycles. The van der Waals surface area contributed by atoms with Gasteiger partial charge in [-0.15, -0.1) is 0 Å². The number of aliphatic hydroxyl groups excluding tert-OH is 1. The molecule has 1 rings (SSSR count). The van der Waals surface area contributed by atoms with Crippen molar-refractivity contribution in [1.29, 1.82) is 5.26 Å². The Hall–Kier alpha value is -1.70. The van der Waals surface area contributed by atoms with Crippen molar-refractivity contribution in [2.75, 3.05) is 18.1 Å². The van der Waals surface area contributed by atoms with E-state index in [9.17, 15) is 31.4 Å². The summed E-state index contributed by atoms with van der Waals surface area (Å²) in [5.74, 6) is -0.590. The highest BCUT2D eigenvalue weighted by atomic mass is 32.2. The third-order valence-corrected chi connectivity index (χ3v) is 4.50. The zero-order valence-corrected chi connectivity index (χ0v) is 14.0. The van der Waals surface area contributed by atoms with Gasteiger partial charge in [0.2, 0.25) is 0 Å². The van der Waals surface area contributed by atoms with Crippen LogP contribution in [0.1, 0.15) is 23.1 Å². The number of halogens is 6. The van der Waals surface area contributed by atoms with Crippen LogP contribution in [0.2, 0.25) is 0 Å². The minimum atomic E-state index is -5.03. The summed E-state index contributed by atoms with van der Waals surface area (Å²) < 4.78 is 78.0. The molecule has 0 saturated heterocycles. The van der Waals surface area contributed by atoms with Crippen molar-refractivity contribution >= 4 is 17.8 Å². The number of nitrogens with zero attached hydrogens (tertiary/aromatic N) is 1. The Bertz CT molecular complexity index is 681. The van der Waals surface area contributed by atoms with Crippen LogP contribution >= 0.6 is 11.8 Å². The number of hydrogen-bond acceptors (Lipinski definition) is 4. The molecule has 1 atom stereocenters. The molecule has 0 fully saturated rings. The lowest BCUT2D eigenvalue weighted by atomic mass is 10.0. The van der Waals surface area contributed by atoms with Crippen LogP contribution in [-0.4, -0.2) is 40.1 Å². The third-order valence-electron chi connectivity index (χ3n) is 3.28. The molecule has 0 aromatic heterocycles. The molecule has 1 aromatic carbocycles. The molecule has 1 unspecified atom stereocenters. The molecule has 0 heterocycles. The van der Waals surface area contributed by atoms with Gasteiger partial charge in [-0.3, -0.25) is 0 Å². The molecule has 26 heavy (non-hydrogen) atoms. The number of alkyl halides is 6. The minimum Gasteiger partial charge on any atom is -0.396 e. The molecule has 3 nitrogen and oxygen atoms in total. The van der Waals surface area contributed by atoms with Gasteiger partial charge in [-0.05, 0) is 35.9 Å². The Morgan fingerprint density at radius 1 is 1.15 bits per heavy atom. The van der Waals surface area contributed by atoms with Gasteiger partial charge in [-0.25, -0.2) is 0 Å². The van der Waals surface area contributed by atoms with Crippen LogP contribution in [-0.2, 0) is 6.18 Å². The zero-order valence-electron chi connectivity index (χ0n) is 13.2. The highest BCUT2D eigenvalue weighted by molar-refractivity contribution is 7.99. The SMILES string of the molecule is N#Cc1ccc(/C=C/C(O)(CSCCCO)C(F)(F)F)cc1C(F)(F)F. The highest BCUT2D eigenvalue weighted by Gasteiger charge is 2.51. The van der Waals surface area contributed by atoms with E-state index in [0.717, 1.165) is 30.0 Å². The lowest BCUT2D eigenvalue weighted by molar-refractivity contribution is -0.230. The molecule has 0 bridgehead atoms. The molecular formula is C16H15F6NO2S. The highest BCUT2D eigenvalue weighted by Crippen LogP contribution is 2.36. The predicted octanol–water partition coefficient (Wildman–Crippen LogP) is 4.00. The quantitative estimate of drug-likeness (QED) is 0.537. The van der Waals surface area contributed by atoms with E-state index in [2.05, 4.69) is 0 Å². The summed E-state index contributed by atoms with van der Waals surface area (Å²) in [6.07, 6.45) is -8.51. The lowest BCUT2D eigenvalue weighted by Gasteiger charge is -2.27. The van der Waals surface area contributed by atoms with Crippen LogP contribution in [0.4, 0.5) is 26.3 Å². The van der Waals surface area contributed by atoms with E-state index in [1.807, 2.05) is 0 Å². The maximum atomic E-state index is 13.1. The molecule has 0 saturated carbocycles. The van der Waals surface area contributed by atoms with Gasteiger partial charge in [0.05, 0.1) is 17.2 Å². The molecular weight excluding hydrogens is 384 g/mol. The molecule has 1 aromatic rings. The number of hydrogen-bond donors (Lipinski definition) is 2. The predicted molar refractivity (Wildman–Crippen MR) is 85.2 cm³/mol. The van der Waals surface area contributed by atoms with E-state index in [0.29, 0.717) is 12.1 Å². The van der Waals surface area contributed by atoms with Crippen molar-refractivity contribution in [3.8, 4) is 6.07 Å². The number of aliphatic hydroxyl groups is 2. The summed E-state index contributed by atoms with van der Waals surface area (Å²) in [5, 5.41) is 27.2. The topological polar surface area (TPSA) is 64.2 Å². The van der Waals surface area contributed by atoms with Crippen LogP contribution in [0.15, 0.2) is 24.3 Å². The average molecular weight is 399 g/mol. The largest absolute Gasteiger partial charge is 0.421 e. The van der Waals surface area contributed by atoms with Crippen LogP contribution in [0.5, 0.6) is 0 Å². The third kappa shape index (κ3) is 5.93. The minimum absolute atomic E-state index is 0.178. The Morgan fingerprint density at radius 2 is 1.81 bits per heavy atom. The molecule has 0 amide bonds. The van der Waals surface area contributed by atoms with Gasteiger partial charge in [0.15, 0.2) is 5.60 Å². The molecule has 144 valence electrons. The number of thioether (sulfide) groups is 1. The monoisotopic (exact) mass is 399 g/mol. The van der Waals surface area contributed by atoms with Crippen LogP contribution in [0.3, 0.4) is 0 Å². The Labute approximate surface area is 149 Å². The van der Waals surface area contributed by atoms with E-state index in [4.69, 9.17) is 10.4 Å². The fraction of sp³-hybridized carbons (Fsp3) is 0.438. The Balaban J connectivity index is 3.12. The van der Waals surface area contributed by atoms with Gasteiger partial charge in [0.1, 0.15) is 0 Å². The van der Waals surface area contributed by atoms with E-state index in [1.165, 1.54) is 6.07 Å². The molecule has 10 heteroatoms. The standard InChI is InChI=1S/C16H15F6NO2S/c17-15(18,19)13-8-11(2-3-12(13)9-23)4-5-14(25,16(20,21)22)10-26-7-1-6-24/h2-5,8,24-25H,1,6-7,10H2/b5-4+. The van der Waals surface area contributed by atoms with Crippen LogP contribution < -0.4 is 0 Å². The van der Waals surface area contributed by atoms with Gasteiger partial charge in [0.25, 0.3) is 0 Å². The molecule has 0 aliphatic heterocycles. The van der Waals surface area contributed by atoms with Crippen molar-refractivity contribution in [2.45, 2.75) is 24.4 Å². The fourth-order valence-corrected chi connectivity index (χ4v) is 2.90. The van der Waals surface area contributed by atoms with Crippen molar-refractivity contribution in [1.82, 2.24) is 0 Å². The van der Waals surface area contributed by atoms with Gasteiger partial charge < -0.3 is 10.2 Å². The van der Waals surface area contributed by atoms with Crippen molar-refractivity contribution < 1.29 is 36.6 Å². The normalized spacial score (nSPS) is 15.0. The first kappa shape index (κ1) is 22.3. The van der Waals surface area contributed by atoms with E-state index >= 15 is 0 Å². The van der Waals surface area contributed by atoms with Crippen molar-refractivity contribution in [3.63, 3.8) is 0 Å². The molecule has 2 N–H and O–H groups in total. The second-order valence-corrected chi connectivity index (χ2v) is 6.40. The van der Waals surface area contributed by atoms with Gasteiger partial charge >= 0.3 is 12.4 Å². The fourth-order valence-electron chi connectivity index (χ4n) is 1.85. The zero-order chi connectivity index (χ0) is 20.0. The maximum absolute atomic E-state index is 13.1. The maximum Gasteiger partial charge on any atom is 0.421 e. The van der Waals surface area contributed by atoms with Crippen molar-refractivity contribution in [2.24, 2.45) is 0 Å². The van der Waals surface area contributed by atoms with Gasteiger partial charge in [0, 0.05) is 12.4 Å². The Morgan fingerprint density at radius 3 is 2.31 bits per heavy atom. The van der Waals surface area contributed by atoms with E-state index < -0.39 is 34.8 Å². The summed E-state index contributed by atoms with van der Waals surface area (Å²) >= 11 is 0.756. The number of nitriles is 1. The van der Waals surface area contributed by atoms with E-state index in [1.54, 1.807) is 0 Å². The first-order valence-electron chi connectivity index (χ1n) is 7.23. The first-order chi connectivity index (χ1) is 11.9. The average Bonchev–Trinajstić information content (AvgIpc) is 2.55. The summed E-state index contributed by atoms with van der Waals surface area (Å²) in [6.45, 7) is -0.210. The number of benzene rings is 1. The van der Waals surface area contributed by atoms with Gasteiger partial charge in [-0.1, -0.05) is 12.1 Å². The Kier molecular flexibility index (Phi) is 7.56. The molecule has 0 spiro atoms. The van der Waals surface area contributed by atoms with Crippen LogP contribution in [0, 0.1) is 11.3 Å². The number of rotatable bonds is 7. The second-order valence-electron chi connectivity index (χ2n) is 5.30. The van der Waals surface area contributed by atoms with Crippen LogP contribution in [0.25, 0.3) is 6.08 Å². The van der Waals surface area contributed by atoms with E-state index in [-0.39, 0.29) is 24.3 Å². The molecule has 0 radical (unpaired) electrons. The van der Waals surface area contributed by atoms with Crippen molar-refractivity contribution in [3.05, 3.63) is 41.0 Å². The lowest BCUT2D eigenvalue weighted by Crippen LogP contribution is -2.45. The first-order valence-corrected chi connectivity index (χ1v) is 8.38. The summed E-state index contributed by atoms with van der Waals surface area (Å²) in [4.78, 5) is 0. The second kappa shape index (κ2) is 8.79. The van der Waals surface area contributed by atoms with Gasteiger partial charge in [-0.2, -0.15) is 43.4 Å². The summed E-state index contributed by atoms with van der Waals surface area (Å²) in [5.41, 5.74) is -5.39. The summed E-state index contributed by atoms with van der Waals surface area (Å²) in [6, 6.07) is 3.82. The smallest absolute Gasteiger partial charge is 0.396 e. The molecule has 0 aliphatic rings.